The molecule has 0 aromatic rings. The second-order valence-electron chi connectivity index (χ2n) is 11.8. The van der Waals surface area contributed by atoms with Crippen LogP contribution in [0.2, 0.25) is 0 Å². The lowest BCUT2D eigenvalue weighted by atomic mass is 9.69. The van der Waals surface area contributed by atoms with E-state index in [1.54, 1.807) is 25.7 Å². The van der Waals surface area contributed by atoms with Crippen LogP contribution < -0.4 is 0 Å². The molecule has 1 heteroatoms. The first-order chi connectivity index (χ1) is 12.2. The lowest BCUT2D eigenvalue weighted by Gasteiger charge is -2.36. The van der Waals surface area contributed by atoms with Crippen molar-refractivity contribution >= 4 is 12.6 Å². The Kier molecular flexibility index (Phi) is 5.29. The first-order valence-corrected chi connectivity index (χ1v) is 12.4. The molecule has 4 fully saturated rings. The van der Waals surface area contributed by atoms with Gasteiger partial charge in [-0.15, -0.1) is 0 Å². The minimum atomic E-state index is 0.533. The third-order valence-corrected chi connectivity index (χ3v) is 11.0. The lowest BCUT2D eigenvalue weighted by molar-refractivity contribution is 0.119. The van der Waals surface area contributed by atoms with Crippen LogP contribution in [0.5, 0.6) is 0 Å². The molecule has 0 amide bonds. The normalized spacial score (nSPS) is 53.7. The fourth-order valence-corrected chi connectivity index (χ4v) is 9.04. The van der Waals surface area contributed by atoms with Gasteiger partial charge in [-0.2, -0.15) is 12.6 Å². The van der Waals surface area contributed by atoms with E-state index in [2.05, 4.69) is 41.5 Å². The molecule has 0 nitrogen and oxygen atoms in total. The Labute approximate surface area is 169 Å². The molecule has 4 saturated carbocycles. The van der Waals surface area contributed by atoms with Crippen molar-refractivity contribution in [1.29, 1.82) is 0 Å². The lowest BCUT2D eigenvalue weighted by Crippen LogP contribution is -2.30. The zero-order valence-electron chi connectivity index (χ0n) is 18.2. The highest BCUT2D eigenvalue weighted by molar-refractivity contribution is 7.80. The Morgan fingerprint density at radius 1 is 1.04 bits per heavy atom. The zero-order valence-corrected chi connectivity index (χ0v) is 19.1. The average Bonchev–Trinajstić information content (AvgIpc) is 3.29. The van der Waals surface area contributed by atoms with Crippen molar-refractivity contribution in [2.75, 3.05) is 0 Å². The SMILES string of the molecule is CC(S)C(C)CC(C)C1CC2C(C3CC4CCC3C4)C(C)CC2(C)C1C. The fraction of sp³-hybridized carbons (Fsp3) is 1.00. The van der Waals surface area contributed by atoms with Crippen molar-refractivity contribution in [3.8, 4) is 0 Å². The zero-order chi connectivity index (χ0) is 18.8. The topological polar surface area (TPSA) is 0 Å². The molecule has 4 aliphatic rings. The van der Waals surface area contributed by atoms with Crippen molar-refractivity contribution in [2.24, 2.45) is 64.6 Å². The van der Waals surface area contributed by atoms with Crippen LogP contribution in [0.25, 0.3) is 0 Å². The Balaban J connectivity index is 1.50. The van der Waals surface area contributed by atoms with Gasteiger partial charge in [-0.05, 0) is 103 Å². The molecule has 0 aliphatic heterocycles. The predicted molar refractivity (Wildman–Crippen MR) is 116 cm³/mol. The minimum absolute atomic E-state index is 0.533. The summed E-state index contributed by atoms with van der Waals surface area (Å²) in [4.78, 5) is 0. The fourth-order valence-electron chi connectivity index (χ4n) is 8.92. The van der Waals surface area contributed by atoms with Gasteiger partial charge in [0.05, 0.1) is 0 Å². The third kappa shape index (κ3) is 3.02. The molecule has 0 saturated heterocycles. The minimum Gasteiger partial charge on any atom is -0.176 e. The molecule has 12 unspecified atom stereocenters. The van der Waals surface area contributed by atoms with Crippen molar-refractivity contribution in [2.45, 2.75) is 91.7 Å². The smallest absolute Gasteiger partial charge is 0.00142 e. The van der Waals surface area contributed by atoms with Gasteiger partial charge < -0.3 is 0 Å². The molecule has 0 aromatic heterocycles. The second-order valence-corrected chi connectivity index (χ2v) is 12.6. The van der Waals surface area contributed by atoms with Crippen LogP contribution >= 0.6 is 12.6 Å². The van der Waals surface area contributed by atoms with Crippen molar-refractivity contribution in [3.63, 3.8) is 0 Å². The summed E-state index contributed by atoms with van der Waals surface area (Å²) in [5.41, 5.74) is 0.626. The summed E-state index contributed by atoms with van der Waals surface area (Å²) in [7, 11) is 0. The quantitative estimate of drug-likeness (QED) is 0.477. The maximum atomic E-state index is 4.72. The van der Waals surface area contributed by atoms with E-state index in [9.17, 15) is 0 Å². The predicted octanol–water partition coefficient (Wildman–Crippen LogP) is 7.34. The third-order valence-electron chi connectivity index (χ3n) is 10.5. The van der Waals surface area contributed by atoms with Crippen LogP contribution in [-0.2, 0) is 0 Å². The van der Waals surface area contributed by atoms with Gasteiger partial charge in [0.2, 0.25) is 0 Å². The molecule has 2 bridgehead atoms. The molecule has 12 atom stereocenters. The van der Waals surface area contributed by atoms with E-state index in [0.29, 0.717) is 10.7 Å². The van der Waals surface area contributed by atoms with E-state index in [0.717, 1.165) is 59.2 Å². The van der Waals surface area contributed by atoms with Gasteiger partial charge in [0, 0.05) is 5.25 Å². The summed E-state index contributed by atoms with van der Waals surface area (Å²) in [5.74, 6) is 9.83. The van der Waals surface area contributed by atoms with Gasteiger partial charge in [0.15, 0.2) is 0 Å². The van der Waals surface area contributed by atoms with E-state index in [4.69, 9.17) is 12.6 Å². The van der Waals surface area contributed by atoms with E-state index < -0.39 is 0 Å². The summed E-state index contributed by atoms with van der Waals surface area (Å²) in [6, 6.07) is 0. The van der Waals surface area contributed by atoms with Crippen molar-refractivity contribution in [1.82, 2.24) is 0 Å². The van der Waals surface area contributed by atoms with Crippen LogP contribution in [0.1, 0.15) is 86.5 Å². The molecule has 0 N–H and O–H groups in total. The largest absolute Gasteiger partial charge is 0.176 e. The van der Waals surface area contributed by atoms with Gasteiger partial charge in [-0.1, -0.05) is 48.0 Å². The van der Waals surface area contributed by atoms with E-state index in [1.165, 1.54) is 19.3 Å². The van der Waals surface area contributed by atoms with E-state index in [-0.39, 0.29) is 0 Å². The van der Waals surface area contributed by atoms with Crippen molar-refractivity contribution < 1.29 is 0 Å². The van der Waals surface area contributed by atoms with E-state index >= 15 is 0 Å². The highest BCUT2D eigenvalue weighted by atomic mass is 32.1. The monoisotopic (exact) mass is 376 g/mol. The average molecular weight is 377 g/mol. The number of rotatable bonds is 5. The standard InChI is InChI=1S/C25H44S/c1-14(18(5)26)9-15(2)21-12-23-24(16(3)13-25(23,6)17(21)4)22-11-19-7-8-20(22)10-19/h14-24,26H,7-13H2,1-6H3. The molecule has 150 valence electrons. The molecular weight excluding hydrogens is 332 g/mol. The van der Waals surface area contributed by atoms with Crippen molar-refractivity contribution in [3.05, 3.63) is 0 Å². The Hall–Kier alpha value is 0.350. The van der Waals surface area contributed by atoms with Gasteiger partial charge >= 0.3 is 0 Å². The van der Waals surface area contributed by atoms with Gasteiger partial charge in [-0.25, -0.2) is 0 Å². The second kappa shape index (κ2) is 7.00. The summed E-state index contributed by atoms with van der Waals surface area (Å²) in [5, 5.41) is 0.533. The van der Waals surface area contributed by atoms with Crippen LogP contribution in [0.3, 0.4) is 0 Å². The van der Waals surface area contributed by atoms with Crippen LogP contribution in [0.15, 0.2) is 0 Å². The highest BCUT2D eigenvalue weighted by Crippen LogP contribution is 2.69. The van der Waals surface area contributed by atoms with Crippen LogP contribution in [-0.4, -0.2) is 5.25 Å². The molecule has 4 rings (SSSR count). The number of fused-ring (bicyclic) bond motifs is 3. The number of hydrogen-bond acceptors (Lipinski definition) is 1. The first-order valence-electron chi connectivity index (χ1n) is 11.9. The first kappa shape index (κ1) is 19.7. The van der Waals surface area contributed by atoms with Crippen LogP contribution in [0, 0.1) is 64.6 Å². The van der Waals surface area contributed by atoms with Gasteiger partial charge in [0.1, 0.15) is 0 Å². The summed E-state index contributed by atoms with van der Waals surface area (Å²) < 4.78 is 0. The molecule has 0 radical (unpaired) electrons. The molecule has 26 heavy (non-hydrogen) atoms. The summed E-state index contributed by atoms with van der Waals surface area (Å²) >= 11 is 4.72. The number of hydrogen-bond donors (Lipinski definition) is 1. The maximum Gasteiger partial charge on any atom is 0.00142 e. The van der Waals surface area contributed by atoms with Gasteiger partial charge in [0.25, 0.3) is 0 Å². The summed E-state index contributed by atoms with van der Waals surface area (Å²) in [6.07, 6.45) is 10.7. The Bertz CT molecular complexity index is 512. The summed E-state index contributed by atoms with van der Waals surface area (Å²) in [6.45, 7) is 15.2. The molecular formula is C25H44S. The Morgan fingerprint density at radius 2 is 1.77 bits per heavy atom. The number of thiol groups is 1. The molecule has 0 aromatic carbocycles. The maximum absolute atomic E-state index is 4.72. The Morgan fingerprint density at radius 3 is 2.35 bits per heavy atom. The molecule has 0 heterocycles. The van der Waals surface area contributed by atoms with Gasteiger partial charge in [-0.3, -0.25) is 0 Å². The van der Waals surface area contributed by atoms with Crippen LogP contribution in [0.4, 0.5) is 0 Å². The highest BCUT2D eigenvalue weighted by Gasteiger charge is 2.61. The molecule has 4 aliphatic carbocycles. The van der Waals surface area contributed by atoms with E-state index in [1.807, 2.05) is 0 Å². The molecule has 0 spiro atoms.